The number of piperidine rings is 1. The number of likely N-dealkylation sites (tertiary alicyclic amines) is 1. The van der Waals surface area contributed by atoms with Gasteiger partial charge in [-0.05, 0) is 31.1 Å². The van der Waals surface area contributed by atoms with E-state index >= 15 is 0 Å². The lowest BCUT2D eigenvalue weighted by atomic mass is 9.84. The number of carbonyl (C=O) groups is 1. The second-order valence-corrected chi connectivity index (χ2v) is 7.33. The molecule has 0 aromatic carbocycles. The lowest BCUT2D eigenvalue weighted by Gasteiger charge is -2.34. The summed E-state index contributed by atoms with van der Waals surface area (Å²) in [7, 11) is 0. The van der Waals surface area contributed by atoms with E-state index in [1.54, 1.807) is 4.90 Å². The first kappa shape index (κ1) is 19.1. The molecule has 1 aliphatic heterocycles. The second-order valence-electron chi connectivity index (χ2n) is 6.29. The van der Waals surface area contributed by atoms with Crippen molar-refractivity contribution in [3.05, 3.63) is 0 Å². The lowest BCUT2D eigenvalue weighted by molar-refractivity contribution is 0.151. The number of hydrogen-bond donors (Lipinski definition) is 1. The number of nitrogens with zero attached hydrogens (tertiary/aromatic N) is 2. The molecule has 6 nitrogen and oxygen atoms in total. The molecule has 0 saturated carbocycles. The Hall–Kier alpha value is -0.950. The monoisotopic (exact) mass is 331 g/mol. The summed E-state index contributed by atoms with van der Waals surface area (Å²) in [6.45, 7) is 8.01. The van der Waals surface area contributed by atoms with E-state index in [4.69, 9.17) is 9.92 Å². The molecule has 2 amide bonds. The first-order valence-corrected chi connectivity index (χ1v) is 9.39. The largest absolute Gasteiger partial charge is 0.387 e. The fourth-order valence-electron chi connectivity index (χ4n) is 2.56. The van der Waals surface area contributed by atoms with Crippen LogP contribution in [0.25, 0.3) is 0 Å². The van der Waals surface area contributed by atoms with Crippen LogP contribution in [-0.2, 0) is 15.3 Å². The SMILES string of the molecule is CC(C)C(N)=NC(=O)N1CCC(C(C)CCOS(C)=O)CC1. The molecular formula is C15H29N3O3S. The number of aliphatic imine (C=N–C) groups is 1. The molecule has 2 N–H and O–H groups in total. The number of nitrogens with two attached hydrogens (primary N) is 1. The van der Waals surface area contributed by atoms with Crippen molar-refractivity contribution in [1.82, 2.24) is 4.90 Å². The van der Waals surface area contributed by atoms with Gasteiger partial charge >= 0.3 is 6.03 Å². The van der Waals surface area contributed by atoms with Gasteiger partial charge in [0.1, 0.15) is 5.84 Å². The van der Waals surface area contributed by atoms with E-state index in [0.717, 1.165) is 32.4 Å². The van der Waals surface area contributed by atoms with Gasteiger partial charge in [0.25, 0.3) is 0 Å². The van der Waals surface area contributed by atoms with Gasteiger partial charge in [-0.25, -0.2) is 9.00 Å². The van der Waals surface area contributed by atoms with Crippen molar-refractivity contribution in [3.63, 3.8) is 0 Å². The van der Waals surface area contributed by atoms with E-state index in [2.05, 4.69) is 11.9 Å². The highest BCUT2D eigenvalue weighted by atomic mass is 32.2. The van der Waals surface area contributed by atoms with Crippen LogP contribution in [0.3, 0.4) is 0 Å². The van der Waals surface area contributed by atoms with Gasteiger partial charge in [0.2, 0.25) is 0 Å². The average Bonchev–Trinajstić information content (AvgIpc) is 2.46. The summed E-state index contributed by atoms with van der Waals surface area (Å²) < 4.78 is 16.0. The first-order chi connectivity index (χ1) is 10.3. The standard InChI is InChI=1S/C15H29N3O3S/c1-11(2)14(16)17-15(19)18-8-5-13(6-9-18)12(3)7-10-21-22(4)20/h11-13H,5-10H2,1-4H3,(H2,16,17,19). The van der Waals surface area contributed by atoms with Crippen molar-refractivity contribution in [2.45, 2.75) is 40.0 Å². The molecule has 0 spiro atoms. The zero-order valence-electron chi connectivity index (χ0n) is 14.1. The third kappa shape index (κ3) is 6.44. The van der Waals surface area contributed by atoms with Crippen LogP contribution in [0.2, 0.25) is 0 Å². The van der Waals surface area contributed by atoms with Gasteiger partial charge in [0.15, 0.2) is 11.1 Å². The molecule has 0 aliphatic carbocycles. The predicted octanol–water partition coefficient (Wildman–Crippen LogP) is 2.17. The van der Waals surface area contributed by atoms with E-state index < -0.39 is 11.1 Å². The molecule has 1 fully saturated rings. The van der Waals surface area contributed by atoms with Crippen molar-refractivity contribution >= 4 is 22.9 Å². The van der Waals surface area contributed by atoms with Crippen molar-refractivity contribution in [3.8, 4) is 0 Å². The Morgan fingerprint density at radius 1 is 1.36 bits per heavy atom. The second kappa shape index (κ2) is 9.25. The van der Waals surface area contributed by atoms with Gasteiger partial charge in [-0.3, -0.25) is 4.18 Å². The summed E-state index contributed by atoms with van der Waals surface area (Å²) in [6.07, 6.45) is 4.38. The van der Waals surface area contributed by atoms with E-state index in [1.807, 2.05) is 13.8 Å². The molecule has 1 rings (SSSR count). The molecule has 7 heteroatoms. The molecule has 1 saturated heterocycles. The van der Waals surface area contributed by atoms with E-state index in [1.165, 1.54) is 6.26 Å². The molecule has 0 aromatic rings. The maximum absolute atomic E-state index is 12.0. The Bertz CT molecular complexity index is 418. The molecule has 1 heterocycles. The summed E-state index contributed by atoms with van der Waals surface area (Å²) in [5, 5.41) is 0. The highest BCUT2D eigenvalue weighted by Gasteiger charge is 2.26. The zero-order chi connectivity index (χ0) is 16.7. The molecule has 0 radical (unpaired) electrons. The van der Waals surface area contributed by atoms with Crippen LogP contribution in [0.5, 0.6) is 0 Å². The molecule has 2 unspecified atom stereocenters. The van der Waals surface area contributed by atoms with Crippen molar-refractivity contribution in [2.75, 3.05) is 26.0 Å². The van der Waals surface area contributed by atoms with E-state index in [9.17, 15) is 9.00 Å². The van der Waals surface area contributed by atoms with Crippen LogP contribution >= 0.6 is 0 Å². The van der Waals surface area contributed by atoms with E-state index in [0.29, 0.717) is 24.3 Å². The van der Waals surface area contributed by atoms with Gasteiger partial charge in [0.05, 0.1) is 6.61 Å². The van der Waals surface area contributed by atoms with Gasteiger partial charge in [-0.2, -0.15) is 4.99 Å². The van der Waals surface area contributed by atoms with Crippen LogP contribution < -0.4 is 5.73 Å². The number of rotatable bonds is 6. The number of amides is 2. The molecule has 2 atom stereocenters. The van der Waals surface area contributed by atoms with Crippen LogP contribution in [0.4, 0.5) is 4.79 Å². The Morgan fingerprint density at radius 3 is 2.45 bits per heavy atom. The maximum Gasteiger partial charge on any atom is 0.345 e. The Morgan fingerprint density at radius 2 is 1.95 bits per heavy atom. The van der Waals surface area contributed by atoms with E-state index in [-0.39, 0.29) is 11.9 Å². The summed E-state index contributed by atoms with van der Waals surface area (Å²) >= 11 is -1.19. The van der Waals surface area contributed by atoms with Crippen molar-refractivity contribution < 1.29 is 13.2 Å². The molecule has 0 bridgehead atoms. The number of hydrogen-bond acceptors (Lipinski definition) is 3. The molecule has 1 aliphatic rings. The summed E-state index contributed by atoms with van der Waals surface area (Å²) in [6, 6.07) is -0.220. The first-order valence-electron chi connectivity index (χ1n) is 7.91. The number of urea groups is 1. The van der Waals surface area contributed by atoms with Crippen LogP contribution in [0.1, 0.15) is 40.0 Å². The van der Waals surface area contributed by atoms with Crippen molar-refractivity contribution in [1.29, 1.82) is 0 Å². The number of amidine groups is 1. The minimum atomic E-state index is -1.19. The van der Waals surface area contributed by atoms with Gasteiger partial charge < -0.3 is 10.6 Å². The Kier molecular flexibility index (Phi) is 8.03. The fraction of sp³-hybridized carbons (Fsp3) is 0.867. The topological polar surface area (TPSA) is 85.0 Å². The lowest BCUT2D eigenvalue weighted by Crippen LogP contribution is -2.39. The zero-order valence-corrected chi connectivity index (χ0v) is 14.9. The minimum absolute atomic E-state index is 0.0885. The fourth-order valence-corrected chi connectivity index (χ4v) is 2.89. The van der Waals surface area contributed by atoms with Crippen LogP contribution in [0.15, 0.2) is 4.99 Å². The normalized spacial score (nSPS) is 20.2. The maximum atomic E-state index is 12.0. The summed E-state index contributed by atoms with van der Waals surface area (Å²) in [5.74, 6) is 1.56. The van der Waals surface area contributed by atoms with Crippen LogP contribution in [0, 0.1) is 17.8 Å². The molecule has 22 heavy (non-hydrogen) atoms. The summed E-state index contributed by atoms with van der Waals surface area (Å²) in [4.78, 5) is 17.8. The molecule has 128 valence electrons. The number of carbonyl (C=O) groups excluding carboxylic acids is 1. The highest BCUT2D eigenvalue weighted by molar-refractivity contribution is 7.79. The minimum Gasteiger partial charge on any atom is -0.387 e. The molecular weight excluding hydrogens is 302 g/mol. The quantitative estimate of drug-likeness (QED) is 0.597. The van der Waals surface area contributed by atoms with Crippen molar-refractivity contribution in [2.24, 2.45) is 28.5 Å². The Balaban J connectivity index is 2.38. The third-order valence-electron chi connectivity index (χ3n) is 4.25. The molecule has 0 aromatic heterocycles. The predicted molar refractivity (Wildman–Crippen MR) is 90.0 cm³/mol. The summed E-state index contributed by atoms with van der Waals surface area (Å²) in [5.41, 5.74) is 5.74. The van der Waals surface area contributed by atoms with Crippen LogP contribution in [-0.4, -0.2) is 46.9 Å². The smallest absolute Gasteiger partial charge is 0.345 e. The van der Waals surface area contributed by atoms with Gasteiger partial charge in [0, 0.05) is 25.3 Å². The Labute approximate surface area is 136 Å². The third-order valence-corrected chi connectivity index (χ3v) is 4.75. The average molecular weight is 331 g/mol. The van der Waals surface area contributed by atoms with Gasteiger partial charge in [-0.1, -0.05) is 20.8 Å². The highest BCUT2D eigenvalue weighted by Crippen LogP contribution is 2.27. The van der Waals surface area contributed by atoms with Gasteiger partial charge in [-0.15, -0.1) is 0 Å².